The maximum Gasteiger partial charge on any atom is 0.227 e. The highest BCUT2D eigenvalue weighted by Crippen LogP contribution is 2.26. The topological polar surface area (TPSA) is 25.2 Å². The first-order valence-electron chi connectivity index (χ1n) is 6.84. The third-order valence-corrected chi connectivity index (χ3v) is 3.96. The van der Waals surface area contributed by atoms with E-state index in [2.05, 4.69) is 4.57 Å². The van der Waals surface area contributed by atoms with Gasteiger partial charge in [0.05, 0.1) is 12.5 Å². The molecule has 20 heavy (non-hydrogen) atoms. The molecule has 3 rings (SSSR count). The normalized spacial score (nSPS) is 17.9. The van der Waals surface area contributed by atoms with Crippen molar-refractivity contribution in [1.82, 2.24) is 9.47 Å². The number of rotatable bonds is 2. The first kappa shape index (κ1) is 12.9. The molecule has 1 atom stereocenters. The van der Waals surface area contributed by atoms with Crippen LogP contribution < -0.4 is 0 Å². The predicted molar refractivity (Wildman–Crippen MR) is 74.7 cm³/mol. The minimum absolute atomic E-state index is 0.0185. The number of benzene rings is 1. The number of fused-ring (bicyclic) bond motifs is 1. The fourth-order valence-electron chi connectivity index (χ4n) is 2.83. The van der Waals surface area contributed by atoms with Gasteiger partial charge in [0.2, 0.25) is 5.91 Å². The van der Waals surface area contributed by atoms with Gasteiger partial charge in [-0.15, -0.1) is 0 Å². The number of amides is 1. The van der Waals surface area contributed by atoms with Crippen molar-refractivity contribution in [3.8, 4) is 0 Å². The number of hydrogen-bond acceptors (Lipinski definition) is 1. The van der Waals surface area contributed by atoms with Crippen LogP contribution in [0.25, 0.3) is 0 Å². The van der Waals surface area contributed by atoms with E-state index >= 15 is 0 Å². The van der Waals surface area contributed by atoms with Crippen molar-refractivity contribution >= 4 is 5.91 Å². The molecule has 0 radical (unpaired) electrons. The number of carbonyl (C=O) groups excluding carboxylic acids is 1. The van der Waals surface area contributed by atoms with Gasteiger partial charge in [0.25, 0.3) is 0 Å². The molecule has 0 aliphatic carbocycles. The Hall–Kier alpha value is -2.10. The molecule has 2 aromatic rings. The second-order valence-electron chi connectivity index (χ2n) is 5.16. The largest absolute Gasteiger partial charge is 0.348 e. The molecule has 1 aromatic carbocycles. The van der Waals surface area contributed by atoms with Crippen LogP contribution in [0.3, 0.4) is 0 Å². The van der Waals surface area contributed by atoms with Crippen LogP contribution >= 0.6 is 0 Å². The third-order valence-electron chi connectivity index (χ3n) is 3.96. The van der Waals surface area contributed by atoms with Crippen LogP contribution in [-0.2, 0) is 17.8 Å². The van der Waals surface area contributed by atoms with Gasteiger partial charge in [-0.1, -0.05) is 18.2 Å². The summed E-state index contributed by atoms with van der Waals surface area (Å²) in [5, 5.41) is 0. The van der Waals surface area contributed by atoms with Gasteiger partial charge in [0, 0.05) is 25.0 Å². The number of carbonyl (C=O) groups is 1. The maximum atomic E-state index is 13.6. The van der Waals surface area contributed by atoms with E-state index in [1.165, 1.54) is 6.07 Å². The molecule has 0 spiro atoms. The van der Waals surface area contributed by atoms with Crippen LogP contribution in [0.5, 0.6) is 0 Å². The lowest BCUT2D eigenvalue weighted by atomic mass is 10.1. The molecule has 4 heteroatoms. The lowest BCUT2D eigenvalue weighted by molar-refractivity contribution is -0.133. The number of aromatic nitrogens is 1. The van der Waals surface area contributed by atoms with Crippen molar-refractivity contribution in [3.05, 3.63) is 59.7 Å². The van der Waals surface area contributed by atoms with Crippen molar-refractivity contribution in [2.24, 2.45) is 0 Å². The average Bonchev–Trinajstić information content (AvgIpc) is 2.91. The first-order chi connectivity index (χ1) is 9.66. The molecule has 104 valence electrons. The maximum absolute atomic E-state index is 13.6. The summed E-state index contributed by atoms with van der Waals surface area (Å²) in [4.78, 5) is 14.2. The van der Waals surface area contributed by atoms with Crippen molar-refractivity contribution in [2.45, 2.75) is 25.9 Å². The van der Waals surface area contributed by atoms with E-state index < -0.39 is 0 Å². The molecule has 1 amide bonds. The van der Waals surface area contributed by atoms with Crippen molar-refractivity contribution in [2.75, 3.05) is 6.54 Å². The zero-order valence-electron chi connectivity index (χ0n) is 11.4. The zero-order chi connectivity index (χ0) is 14.1. The van der Waals surface area contributed by atoms with Gasteiger partial charge < -0.3 is 9.47 Å². The quantitative estimate of drug-likeness (QED) is 0.825. The molecule has 2 heterocycles. The van der Waals surface area contributed by atoms with Crippen LogP contribution in [0, 0.1) is 5.82 Å². The van der Waals surface area contributed by atoms with Crippen molar-refractivity contribution < 1.29 is 9.18 Å². The standard InChI is InChI=1S/C16H17FN2O/c1-12-15-7-4-8-18(15)9-10-19(12)16(20)11-13-5-2-3-6-14(13)17/h2-8,12H,9-11H2,1H3/t12-/m0/s1. The monoisotopic (exact) mass is 272 g/mol. The van der Waals surface area contributed by atoms with E-state index in [1.807, 2.05) is 30.2 Å². The van der Waals surface area contributed by atoms with Gasteiger partial charge in [-0.25, -0.2) is 4.39 Å². The van der Waals surface area contributed by atoms with Crippen LogP contribution in [-0.4, -0.2) is 21.9 Å². The Labute approximate surface area is 117 Å². The smallest absolute Gasteiger partial charge is 0.227 e. The first-order valence-corrected chi connectivity index (χ1v) is 6.84. The van der Waals surface area contributed by atoms with Crippen molar-refractivity contribution in [1.29, 1.82) is 0 Å². The highest BCUT2D eigenvalue weighted by Gasteiger charge is 2.27. The molecular weight excluding hydrogens is 255 g/mol. The minimum Gasteiger partial charge on any atom is -0.348 e. The highest BCUT2D eigenvalue weighted by atomic mass is 19.1. The Morgan fingerprint density at radius 1 is 1.25 bits per heavy atom. The summed E-state index contributed by atoms with van der Waals surface area (Å²) in [6.07, 6.45) is 2.15. The summed E-state index contributed by atoms with van der Waals surface area (Å²) in [6, 6.07) is 10.5. The van der Waals surface area contributed by atoms with E-state index in [-0.39, 0.29) is 24.2 Å². The molecule has 0 bridgehead atoms. The second-order valence-corrected chi connectivity index (χ2v) is 5.16. The Bertz CT molecular complexity index is 635. The molecule has 1 aliphatic heterocycles. The molecule has 0 unspecified atom stereocenters. The third kappa shape index (κ3) is 2.22. The molecule has 3 nitrogen and oxygen atoms in total. The Balaban J connectivity index is 1.77. The van der Waals surface area contributed by atoms with Gasteiger partial charge in [-0.3, -0.25) is 4.79 Å². The molecular formula is C16H17FN2O. The van der Waals surface area contributed by atoms with Crippen LogP contribution in [0.1, 0.15) is 24.2 Å². The van der Waals surface area contributed by atoms with E-state index in [4.69, 9.17) is 0 Å². The molecule has 0 saturated heterocycles. The van der Waals surface area contributed by atoms with Gasteiger partial charge in [0.1, 0.15) is 5.82 Å². The minimum atomic E-state index is -0.311. The molecule has 1 aliphatic rings. The summed E-state index contributed by atoms with van der Waals surface area (Å²) in [5.41, 5.74) is 1.60. The van der Waals surface area contributed by atoms with Gasteiger partial charge >= 0.3 is 0 Å². The van der Waals surface area contributed by atoms with Gasteiger partial charge in [-0.2, -0.15) is 0 Å². The molecule has 0 N–H and O–H groups in total. The second kappa shape index (κ2) is 5.12. The fraction of sp³-hybridized carbons (Fsp3) is 0.312. The predicted octanol–water partition coefficient (Wildman–Crippen LogP) is 2.77. The summed E-state index contributed by atoms with van der Waals surface area (Å²) >= 11 is 0. The van der Waals surface area contributed by atoms with E-state index in [0.29, 0.717) is 12.1 Å². The van der Waals surface area contributed by atoms with Crippen LogP contribution in [0.4, 0.5) is 4.39 Å². The number of nitrogens with zero attached hydrogens (tertiary/aromatic N) is 2. The fourth-order valence-corrected chi connectivity index (χ4v) is 2.83. The Morgan fingerprint density at radius 2 is 2.05 bits per heavy atom. The Morgan fingerprint density at radius 3 is 2.85 bits per heavy atom. The summed E-state index contributed by atoms with van der Waals surface area (Å²) in [5.74, 6) is -0.330. The lowest BCUT2D eigenvalue weighted by Gasteiger charge is -2.35. The van der Waals surface area contributed by atoms with Gasteiger partial charge in [-0.05, 0) is 30.7 Å². The highest BCUT2D eigenvalue weighted by molar-refractivity contribution is 5.79. The molecule has 0 fully saturated rings. The number of halogens is 1. The summed E-state index contributed by atoms with van der Waals surface area (Å²) < 4.78 is 15.8. The Kier molecular flexibility index (Phi) is 3.30. The van der Waals surface area contributed by atoms with Crippen LogP contribution in [0.15, 0.2) is 42.6 Å². The average molecular weight is 272 g/mol. The van der Waals surface area contributed by atoms with E-state index in [9.17, 15) is 9.18 Å². The van der Waals surface area contributed by atoms with Crippen molar-refractivity contribution in [3.63, 3.8) is 0 Å². The van der Waals surface area contributed by atoms with E-state index in [1.54, 1.807) is 18.2 Å². The van der Waals surface area contributed by atoms with Crippen LogP contribution in [0.2, 0.25) is 0 Å². The zero-order valence-corrected chi connectivity index (χ0v) is 11.4. The van der Waals surface area contributed by atoms with Gasteiger partial charge in [0.15, 0.2) is 0 Å². The molecule has 0 saturated carbocycles. The summed E-state index contributed by atoms with van der Waals surface area (Å²) in [6.45, 7) is 3.50. The molecule has 1 aromatic heterocycles. The van der Waals surface area contributed by atoms with E-state index in [0.717, 1.165) is 12.2 Å². The number of hydrogen-bond donors (Lipinski definition) is 0. The summed E-state index contributed by atoms with van der Waals surface area (Å²) in [7, 11) is 0. The lowest BCUT2D eigenvalue weighted by Crippen LogP contribution is -2.41. The SMILES string of the molecule is C[C@H]1c2cccn2CCN1C(=O)Cc1ccccc1F.